The molecule has 0 fully saturated rings. The second-order valence-corrected chi connectivity index (χ2v) is 15.7. The lowest BCUT2D eigenvalue weighted by molar-refractivity contribution is 0.622. The number of anilines is 2. The van der Waals surface area contributed by atoms with Gasteiger partial charge in [-0.15, -0.1) is 0 Å². The molecule has 1 atom stereocenters. The molecular weight excluding hydrogens is 801 g/mol. The van der Waals surface area contributed by atoms with Gasteiger partial charge in [0.1, 0.15) is 0 Å². The van der Waals surface area contributed by atoms with Crippen LogP contribution in [0, 0.1) is 0 Å². The Kier molecular flexibility index (Phi) is 17.6. The zero-order chi connectivity index (χ0) is 46.7. The molecule has 0 spiro atoms. The second kappa shape index (κ2) is 24.1. The molecule has 4 nitrogen and oxygen atoms in total. The summed E-state index contributed by atoms with van der Waals surface area (Å²) in [5.41, 5.74) is 27.6. The summed E-state index contributed by atoms with van der Waals surface area (Å²) < 4.78 is 0. The van der Waals surface area contributed by atoms with Crippen molar-refractivity contribution in [2.24, 2.45) is 11.5 Å². The van der Waals surface area contributed by atoms with E-state index in [-0.39, 0.29) is 6.17 Å². The van der Waals surface area contributed by atoms with Gasteiger partial charge in [-0.3, -0.25) is 0 Å². The van der Waals surface area contributed by atoms with E-state index in [4.69, 9.17) is 5.73 Å². The lowest BCUT2D eigenvalue weighted by Crippen LogP contribution is -2.29. The van der Waals surface area contributed by atoms with Gasteiger partial charge in [-0.1, -0.05) is 233 Å². The van der Waals surface area contributed by atoms with Crippen LogP contribution in [0.2, 0.25) is 0 Å². The van der Waals surface area contributed by atoms with Crippen molar-refractivity contribution in [3.63, 3.8) is 0 Å². The van der Waals surface area contributed by atoms with Crippen molar-refractivity contribution >= 4 is 16.9 Å². The highest BCUT2D eigenvalue weighted by Crippen LogP contribution is 2.57. The van der Waals surface area contributed by atoms with E-state index in [9.17, 15) is 0 Å². The van der Waals surface area contributed by atoms with Gasteiger partial charge in [0.2, 0.25) is 0 Å². The van der Waals surface area contributed by atoms with Gasteiger partial charge in [-0.2, -0.15) is 0 Å². The van der Waals surface area contributed by atoms with E-state index < -0.39 is 5.41 Å². The highest BCUT2D eigenvalue weighted by Gasteiger charge is 2.46. The Morgan fingerprint density at radius 2 is 1.12 bits per heavy atom. The zero-order valence-corrected chi connectivity index (χ0v) is 39.1. The molecule has 0 heterocycles. The predicted octanol–water partition coefficient (Wildman–Crippen LogP) is 14.7. The van der Waals surface area contributed by atoms with Crippen LogP contribution < -0.4 is 22.1 Å². The molecule has 1 unspecified atom stereocenters. The molecule has 0 amide bonds. The summed E-state index contributed by atoms with van der Waals surface area (Å²) in [6.07, 6.45) is 7.35. The first-order valence-electron chi connectivity index (χ1n) is 22.9. The zero-order valence-electron chi connectivity index (χ0n) is 39.1. The molecule has 332 valence electrons. The number of nitrogens with one attached hydrogen (secondary N) is 2. The van der Waals surface area contributed by atoms with Crippen LogP contribution in [-0.4, -0.2) is 14.1 Å². The molecule has 1 aliphatic rings. The van der Waals surface area contributed by atoms with Crippen molar-refractivity contribution in [2.75, 3.05) is 19.4 Å². The standard InChI is InChI=1S/C51H41N.C8H12N2.C2H6.CH5N/c1-3-18-43(51(42-24-11-6-12-25-42)48-29-15-13-27-46(48)47-28-14-16-30-49(47)51)33-37(2)45-32-31-41(40-22-9-5-10-23-40)36-50(45)52-44-26-17-21-39(35-44)34-38-19-7-4-8-20-38;1-10-8(9)7-5-3-2-4-6-7;2*1-2/h3-33,35-36,52H,1,34H2,2H3;2-6,8,10H,9H2,1H3;1-2H3;2H2,1H3/b37-33+,43-18+;;;. The number of fused-ring (bicyclic) bond motifs is 3. The first-order chi connectivity index (χ1) is 32.5. The van der Waals surface area contributed by atoms with Crippen LogP contribution in [0.5, 0.6) is 0 Å². The molecule has 0 aromatic heterocycles. The Hall–Kier alpha value is -7.34. The van der Waals surface area contributed by atoms with Crippen LogP contribution >= 0.6 is 0 Å². The van der Waals surface area contributed by atoms with Crippen LogP contribution in [0.15, 0.2) is 243 Å². The number of hydrogen-bond acceptors (Lipinski definition) is 4. The minimum Gasteiger partial charge on any atom is -0.355 e. The summed E-state index contributed by atoms with van der Waals surface area (Å²) in [5.74, 6) is 0. The third-order valence-corrected chi connectivity index (χ3v) is 11.7. The fourth-order valence-corrected chi connectivity index (χ4v) is 8.81. The first-order valence-corrected chi connectivity index (χ1v) is 22.9. The molecule has 0 aliphatic heterocycles. The highest BCUT2D eigenvalue weighted by molar-refractivity contribution is 5.89. The van der Waals surface area contributed by atoms with E-state index in [2.05, 4.69) is 224 Å². The number of hydrogen-bond donors (Lipinski definition) is 4. The maximum atomic E-state index is 5.68. The summed E-state index contributed by atoms with van der Waals surface area (Å²) >= 11 is 0. The quantitative estimate of drug-likeness (QED) is 0.0729. The third-order valence-electron chi connectivity index (χ3n) is 11.7. The molecule has 6 N–H and O–H groups in total. The lowest BCUT2D eigenvalue weighted by atomic mass is 9.66. The SMILES string of the molecule is C=C/C=C(\C=C(/C)c1ccc(-c2ccccc2)cc1Nc1cccc(Cc2ccccc2)c1)C1(c2ccccc2)c2ccccc2-c2ccccc21.CC.CN.CNC(N)c1ccccc1. The number of rotatable bonds is 12. The van der Waals surface area contributed by atoms with Gasteiger partial charge < -0.3 is 22.1 Å². The van der Waals surface area contributed by atoms with Gasteiger partial charge in [-0.05, 0) is 112 Å². The summed E-state index contributed by atoms with van der Waals surface area (Å²) in [6, 6.07) is 75.5. The van der Waals surface area contributed by atoms with E-state index in [1.807, 2.05) is 57.3 Å². The summed E-state index contributed by atoms with van der Waals surface area (Å²) in [7, 11) is 3.34. The minimum atomic E-state index is -0.521. The molecular formula is C62H64N4. The molecule has 66 heavy (non-hydrogen) atoms. The van der Waals surface area contributed by atoms with Crippen LogP contribution in [0.4, 0.5) is 11.4 Å². The molecule has 9 rings (SSSR count). The van der Waals surface area contributed by atoms with Gasteiger partial charge in [0.05, 0.1) is 11.6 Å². The summed E-state index contributed by atoms with van der Waals surface area (Å²) in [6.45, 7) is 10.5. The van der Waals surface area contributed by atoms with E-state index in [0.29, 0.717) is 0 Å². The molecule has 8 aromatic carbocycles. The van der Waals surface area contributed by atoms with Gasteiger partial charge in [-0.25, -0.2) is 0 Å². The van der Waals surface area contributed by atoms with E-state index in [1.54, 1.807) is 0 Å². The van der Waals surface area contributed by atoms with Gasteiger partial charge in [0.25, 0.3) is 0 Å². The van der Waals surface area contributed by atoms with Crippen LogP contribution in [0.3, 0.4) is 0 Å². The molecule has 0 radical (unpaired) electrons. The predicted molar refractivity (Wildman–Crippen MR) is 285 cm³/mol. The minimum absolute atomic E-state index is 0.0406. The largest absolute Gasteiger partial charge is 0.355 e. The lowest BCUT2D eigenvalue weighted by Gasteiger charge is -2.35. The fourth-order valence-electron chi connectivity index (χ4n) is 8.81. The number of allylic oxidation sites excluding steroid dienone is 5. The molecule has 1 aliphatic carbocycles. The molecule has 8 aromatic rings. The Morgan fingerprint density at radius 3 is 1.71 bits per heavy atom. The smallest absolute Gasteiger partial charge is 0.0807 e. The maximum absolute atomic E-state index is 5.68. The summed E-state index contributed by atoms with van der Waals surface area (Å²) in [5, 5.41) is 6.82. The second-order valence-electron chi connectivity index (χ2n) is 15.7. The fraction of sp³-hybridized carbons (Fsp3) is 0.129. The van der Waals surface area contributed by atoms with Gasteiger partial charge in [0, 0.05) is 16.9 Å². The van der Waals surface area contributed by atoms with Crippen molar-refractivity contribution < 1.29 is 0 Å². The first kappa shape index (κ1) is 48.1. The van der Waals surface area contributed by atoms with Crippen molar-refractivity contribution in [1.82, 2.24) is 5.32 Å². The molecule has 0 bridgehead atoms. The highest BCUT2D eigenvalue weighted by atomic mass is 15.0. The third kappa shape index (κ3) is 10.9. The molecule has 4 heteroatoms. The Balaban J connectivity index is 0.000000449. The van der Waals surface area contributed by atoms with Crippen molar-refractivity contribution in [3.05, 3.63) is 282 Å². The Bertz CT molecular complexity index is 2760. The average molecular weight is 865 g/mol. The van der Waals surface area contributed by atoms with E-state index in [1.165, 1.54) is 62.7 Å². The average Bonchev–Trinajstić information content (AvgIpc) is 3.69. The topological polar surface area (TPSA) is 76.1 Å². The normalized spacial score (nSPS) is 12.6. The van der Waals surface area contributed by atoms with Crippen molar-refractivity contribution in [1.29, 1.82) is 0 Å². The summed E-state index contributed by atoms with van der Waals surface area (Å²) in [4.78, 5) is 0. The maximum Gasteiger partial charge on any atom is 0.0807 e. The van der Waals surface area contributed by atoms with Gasteiger partial charge >= 0.3 is 0 Å². The van der Waals surface area contributed by atoms with Crippen LogP contribution in [-0.2, 0) is 11.8 Å². The van der Waals surface area contributed by atoms with Gasteiger partial charge in [0.15, 0.2) is 0 Å². The molecule has 0 saturated heterocycles. The van der Waals surface area contributed by atoms with E-state index >= 15 is 0 Å². The van der Waals surface area contributed by atoms with Crippen molar-refractivity contribution in [2.45, 2.75) is 38.8 Å². The van der Waals surface area contributed by atoms with Crippen molar-refractivity contribution in [3.8, 4) is 22.3 Å². The molecule has 0 saturated carbocycles. The Morgan fingerprint density at radius 1 is 0.591 bits per heavy atom. The number of benzene rings is 8. The number of nitrogens with two attached hydrogens (primary N) is 2. The van der Waals surface area contributed by atoms with Crippen LogP contribution in [0.25, 0.3) is 27.8 Å². The van der Waals surface area contributed by atoms with Crippen LogP contribution in [0.1, 0.15) is 65.9 Å². The monoisotopic (exact) mass is 865 g/mol. The van der Waals surface area contributed by atoms with E-state index in [0.717, 1.165) is 34.5 Å². The Labute approximate surface area is 394 Å².